The number of amides is 1. The molecule has 3 rings (SSSR count). The number of nitrogens with zero attached hydrogens (tertiary/aromatic N) is 4. The minimum absolute atomic E-state index is 0.138. The zero-order valence-electron chi connectivity index (χ0n) is 15.1. The predicted molar refractivity (Wildman–Crippen MR) is 94.9 cm³/mol. The highest BCUT2D eigenvalue weighted by molar-refractivity contribution is 5.79. The largest absolute Gasteiger partial charge is 0.353 e. The summed E-state index contributed by atoms with van der Waals surface area (Å²) in [6.07, 6.45) is 9.65. The van der Waals surface area contributed by atoms with Crippen molar-refractivity contribution in [1.82, 2.24) is 24.9 Å². The smallest absolute Gasteiger partial charge is 0.222 e. The quantitative estimate of drug-likeness (QED) is 0.855. The van der Waals surface area contributed by atoms with E-state index in [9.17, 15) is 4.79 Å². The van der Waals surface area contributed by atoms with Gasteiger partial charge in [0.2, 0.25) is 5.91 Å². The lowest BCUT2D eigenvalue weighted by molar-refractivity contribution is -0.122. The molecule has 0 aromatic carbocycles. The molecule has 0 radical (unpaired) electrons. The summed E-state index contributed by atoms with van der Waals surface area (Å²) >= 11 is 0. The van der Waals surface area contributed by atoms with Crippen molar-refractivity contribution in [2.45, 2.75) is 84.3 Å². The molecule has 0 spiro atoms. The first-order valence-corrected chi connectivity index (χ1v) is 9.26. The third kappa shape index (κ3) is 3.62. The topological polar surface area (TPSA) is 64.7 Å². The highest BCUT2D eigenvalue weighted by atomic mass is 16.1. The van der Waals surface area contributed by atoms with Crippen LogP contribution < -0.4 is 5.32 Å². The number of aryl methyl sites for hydroxylation is 2. The first kappa shape index (κ1) is 17.0. The van der Waals surface area contributed by atoms with Crippen LogP contribution in [-0.2, 0) is 11.3 Å². The zero-order chi connectivity index (χ0) is 17.1. The Balaban J connectivity index is 1.62. The van der Waals surface area contributed by atoms with Gasteiger partial charge < -0.3 is 5.32 Å². The van der Waals surface area contributed by atoms with Gasteiger partial charge in [-0.1, -0.05) is 25.7 Å². The van der Waals surface area contributed by atoms with Crippen LogP contribution in [-0.4, -0.2) is 31.5 Å². The number of hydrogen-bond acceptors (Lipinski definition) is 3. The zero-order valence-corrected chi connectivity index (χ0v) is 15.1. The summed E-state index contributed by atoms with van der Waals surface area (Å²) in [5.74, 6) is 0.138. The fourth-order valence-electron chi connectivity index (χ4n) is 3.67. The second kappa shape index (κ2) is 7.36. The summed E-state index contributed by atoms with van der Waals surface area (Å²) in [6.45, 7) is 6.84. The van der Waals surface area contributed by atoms with Crippen molar-refractivity contribution in [1.29, 1.82) is 0 Å². The number of aromatic nitrogens is 4. The van der Waals surface area contributed by atoms with E-state index in [0.29, 0.717) is 25.0 Å². The van der Waals surface area contributed by atoms with Crippen LogP contribution in [0.1, 0.15) is 70.5 Å². The SMILES string of the molecule is Cc1nn(C(C)C)c2cnn(CCC(=O)NC3CCCCCC3)c12. The van der Waals surface area contributed by atoms with Gasteiger partial charge in [0.1, 0.15) is 11.0 Å². The van der Waals surface area contributed by atoms with E-state index < -0.39 is 0 Å². The van der Waals surface area contributed by atoms with E-state index in [1.165, 1.54) is 25.7 Å². The molecule has 1 fully saturated rings. The fraction of sp³-hybridized carbons (Fsp3) is 0.722. The molecule has 1 aliphatic carbocycles. The maximum absolute atomic E-state index is 12.3. The Morgan fingerprint density at radius 3 is 2.67 bits per heavy atom. The average Bonchev–Trinajstić information content (AvgIpc) is 2.99. The van der Waals surface area contributed by atoms with Gasteiger partial charge in [0.05, 0.1) is 18.4 Å². The van der Waals surface area contributed by atoms with Gasteiger partial charge in [-0.15, -0.1) is 0 Å². The third-order valence-corrected chi connectivity index (χ3v) is 4.93. The van der Waals surface area contributed by atoms with Gasteiger partial charge in [-0.25, -0.2) is 0 Å². The van der Waals surface area contributed by atoms with Gasteiger partial charge >= 0.3 is 0 Å². The van der Waals surface area contributed by atoms with Crippen molar-refractivity contribution in [2.75, 3.05) is 0 Å². The Labute approximate surface area is 143 Å². The van der Waals surface area contributed by atoms with Crippen LogP contribution in [0.2, 0.25) is 0 Å². The number of hydrogen-bond donors (Lipinski definition) is 1. The van der Waals surface area contributed by atoms with Crippen molar-refractivity contribution < 1.29 is 4.79 Å². The molecule has 1 aliphatic rings. The van der Waals surface area contributed by atoms with Crippen LogP contribution in [0.4, 0.5) is 0 Å². The summed E-state index contributed by atoms with van der Waals surface area (Å²) in [5, 5.41) is 12.3. The lowest BCUT2D eigenvalue weighted by atomic mass is 10.1. The molecule has 1 saturated carbocycles. The molecule has 24 heavy (non-hydrogen) atoms. The molecule has 2 aromatic heterocycles. The highest BCUT2D eigenvalue weighted by Gasteiger charge is 2.17. The van der Waals surface area contributed by atoms with E-state index in [0.717, 1.165) is 29.6 Å². The lowest BCUT2D eigenvalue weighted by Gasteiger charge is -2.16. The molecule has 0 aliphatic heterocycles. The Morgan fingerprint density at radius 2 is 2.00 bits per heavy atom. The van der Waals surface area contributed by atoms with E-state index in [1.54, 1.807) is 0 Å². The predicted octanol–water partition coefficient (Wildman–Crippen LogP) is 3.35. The summed E-state index contributed by atoms with van der Waals surface area (Å²) in [5.41, 5.74) is 3.07. The van der Waals surface area contributed by atoms with E-state index in [2.05, 4.69) is 29.4 Å². The number of fused-ring (bicyclic) bond motifs is 1. The molecule has 2 aromatic rings. The van der Waals surface area contributed by atoms with E-state index in [4.69, 9.17) is 0 Å². The van der Waals surface area contributed by atoms with Gasteiger partial charge in [0, 0.05) is 18.5 Å². The number of carbonyl (C=O) groups is 1. The standard InChI is InChI=1S/C18H29N5O/c1-13(2)23-16-12-19-22(18(16)14(3)21-23)11-10-17(24)20-15-8-6-4-5-7-9-15/h12-13,15H,4-11H2,1-3H3,(H,20,24). The summed E-state index contributed by atoms with van der Waals surface area (Å²) in [4.78, 5) is 12.3. The Morgan fingerprint density at radius 1 is 1.29 bits per heavy atom. The van der Waals surface area contributed by atoms with Crippen LogP contribution >= 0.6 is 0 Å². The summed E-state index contributed by atoms with van der Waals surface area (Å²) < 4.78 is 3.92. The van der Waals surface area contributed by atoms with Crippen molar-refractivity contribution in [3.8, 4) is 0 Å². The first-order valence-electron chi connectivity index (χ1n) is 9.26. The number of nitrogens with one attached hydrogen (secondary N) is 1. The van der Waals surface area contributed by atoms with Crippen molar-refractivity contribution in [3.63, 3.8) is 0 Å². The van der Waals surface area contributed by atoms with Gasteiger partial charge in [-0.3, -0.25) is 14.2 Å². The van der Waals surface area contributed by atoms with Crippen molar-refractivity contribution >= 4 is 16.9 Å². The van der Waals surface area contributed by atoms with Gasteiger partial charge in [-0.05, 0) is 33.6 Å². The monoisotopic (exact) mass is 331 g/mol. The molecule has 1 amide bonds. The van der Waals surface area contributed by atoms with E-state index >= 15 is 0 Å². The molecule has 6 nitrogen and oxygen atoms in total. The van der Waals surface area contributed by atoms with Crippen LogP contribution in [0.15, 0.2) is 6.20 Å². The number of carbonyl (C=O) groups excluding carboxylic acids is 1. The molecule has 132 valence electrons. The molecule has 2 heterocycles. The highest BCUT2D eigenvalue weighted by Crippen LogP contribution is 2.21. The second-order valence-corrected chi connectivity index (χ2v) is 7.23. The molecule has 0 saturated heterocycles. The summed E-state index contributed by atoms with van der Waals surface area (Å²) in [6, 6.07) is 0.667. The maximum atomic E-state index is 12.3. The van der Waals surface area contributed by atoms with Crippen LogP contribution in [0, 0.1) is 6.92 Å². The van der Waals surface area contributed by atoms with Gasteiger partial charge in [0.15, 0.2) is 0 Å². The fourth-order valence-corrected chi connectivity index (χ4v) is 3.67. The van der Waals surface area contributed by atoms with Crippen molar-refractivity contribution in [3.05, 3.63) is 11.9 Å². The van der Waals surface area contributed by atoms with Crippen LogP contribution in [0.25, 0.3) is 11.0 Å². The van der Waals surface area contributed by atoms with E-state index in [-0.39, 0.29) is 5.91 Å². The molecule has 0 bridgehead atoms. The average molecular weight is 331 g/mol. The lowest BCUT2D eigenvalue weighted by Crippen LogP contribution is -2.34. The minimum atomic E-state index is 0.138. The van der Waals surface area contributed by atoms with Crippen molar-refractivity contribution in [2.24, 2.45) is 0 Å². The van der Waals surface area contributed by atoms with Crippen LogP contribution in [0.3, 0.4) is 0 Å². The third-order valence-electron chi connectivity index (χ3n) is 4.93. The molecule has 6 heteroatoms. The summed E-state index contributed by atoms with van der Waals surface area (Å²) in [7, 11) is 0. The molecular formula is C18H29N5O. The Hall–Kier alpha value is -1.85. The Kier molecular flexibility index (Phi) is 5.21. The second-order valence-electron chi connectivity index (χ2n) is 7.23. The first-order chi connectivity index (χ1) is 11.6. The van der Waals surface area contributed by atoms with Gasteiger partial charge in [-0.2, -0.15) is 10.2 Å². The molecule has 1 N–H and O–H groups in total. The molecule has 0 unspecified atom stereocenters. The normalized spacial score (nSPS) is 16.7. The van der Waals surface area contributed by atoms with E-state index in [1.807, 2.05) is 22.5 Å². The molecule has 0 atom stereocenters. The van der Waals surface area contributed by atoms with Crippen LogP contribution in [0.5, 0.6) is 0 Å². The minimum Gasteiger partial charge on any atom is -0.353 e. The van der Waals surface area contributed by atoms with Gasteiger partial charge in [0.25, 0.3) is 0 Å². The number of rotatable bonds is 5. The Bertz CT molecular complexity index is 692. The molecular weight excluding hydrogens is 302 g/mol. The maximum Gasteiger partial charge on any atom is 0.222 e.